The molecule has 13 heavy (non-hydrogen) atoms. The lowest BCUT2D eigenvalue weighted by molar-refractivity contribution is -0.153. The van der Waals surface area contributed by atoms with Crippen molar-refractivity contribution < 1.29 is 9.53 Å². The van der Waals surface area contributed by atoms with Crippen molar-refractivity contribution in [3.05, 3.63) is 12.2 Å². The van der Waals surface area contributed by atoms with Crippen molar-refractivity contribution in [2.45, 2.75) is 52.6 Å². The van der Waals surface area contributed by atoms with Crippen LogP contribution >= 0.6 is 0 Å². The molecule has 2 heteroatoms. The van der Waals surface area contributed by atoms with Crippen molar-refractivity contribution in [3.63, 3.8) is 0 Å². The monoisotopic (exact) mass is 184 g/mol. The minimum absolute atomic E-state index is 0.153. The van der Waals surface area contributed by atoms with Crippen LogP contribution in [0, 0.1) is 0 Å². The van der Waals surface area contributed by atoms with Gasteiger partial charge in [-0.2, -0.15) is 0 Å². The molecule has 0 saturated heterocycles. The van der Waals surface area contributed by atoms with Crippen LogP contribution in [0.4, 0.5) is 0 Å². The minimum atomic E-state index is -0.365. The topological polar surface area (TPSA) is 26.3 Å². The van der Waals surface area contributed by atoms with Crippen LogP contribution in [-0.4, -0.2) is 11.6 Å². The molecule has 0 amide bonds. The fourth-order valence-electron chi connectivity index (χ4n) is 0.847. The van der Waals surface area contributed by atoms with Gasteiger partial charge in [0.1, 0.15) is 5.60 Å². The van der Waals surface area contributed by atoms with E-state index in [2.05, 4.69) is 6.92 Å². The highest BCUT2D eigenvalue weighted by molar-refractivity contribution is 5.71. The summed E-state index contributed by atoms with van der Waals surface area (Å²) in [5, 5.41) is 0. The number of carbonyl (C=O) groups excluding carboxylic acids is 1. The van der Waals surface area contributed by atoms with Gasteiger partial charge in [-0.1, -0.05) is 25.5 Å². The van der Waals surface area contributed by atoms with Crippen LogP contribution in [-0.2, 0) is 9.53 Å². The van der Waals surface area contributed by atoms with Gasteiger partial charge >= 0.3 is 5.97 Å². The Labute approximate surface area is 81.0 Å². The van der Waals surface area contributed by atoms with E-state index in [1.54, 1.807) is 0 Å². The summed E-state index contributed by atoms with van der Waals surface area (Å²) >= 11 is 0. The number of carbonyl (C=O) groups is 1. The normalized spacial score (nSPS) is 12.0. The lowest BCUT2D eigenvalue weighted by Gasteiger charge is -2.18. The zero-order valence-electron chi connectivity index (χ0n) is 9.09. The van der Waals surface area contributed by atoms with E-state index in [0.717, 1.165) is 12.8 Å². The Morgan fingerprint density at radius 3 is 2.38 bits per heavy atom. The Balaban J connectivity index is 3.64. The molecule has 0 heterocycles. The first kappa shape index (κ1) is 12.2. The third-order valence-electron chi connectivity index (χ3n) is 1.33. The van der Waals surface area contributed by atoms with E-state index < -0.39 is 0 Å². The second-order valence-electron chi connectivity index (χ2n) is 4.05. The van der Waals surface area contributed by atoms with Gasteiger partial charge in [0.25, 0.3) is 0 Å². The van der Waals surface area contributed by atoms with Crippen LogP contribution in [0.5, 0.6) is 0 Å². The van der Waals surface area contributed by atoms with Crippen molar-refractivity contribution in [3.8, 4) is 0 Å². The third kappa shape index (κ3) is 9.12. The maximum absolute atomic E-state index is 11.1. The molecule has 0 aromatic rings. The molecular formula is C11H20O2. The molecule has 0 unspecified atom stereocenters. The molecule has 0 fully saturated rings. The minimum Gasteiger partial charge on any atom is -0.460 e. The molecular weight excluding hydrogens is 164 g/mol. The van der Waals surface area contributed by atoms with Crippen molar-refractivity contribution in [1.82, 2.24) is 0 Å². The van der Waals surface area contributed by atoms with E-state index in [1.165, 1.54) is 0 Å². The van der Waals surface area contributed by atoms with Crippen molar-refractivity contribution >= 4 is 5.97 Å². The lowest BCUT2D eigenvalue weighted by atomic mass is 10.2. The summed E-state index contributed by atoms with van der Waals surface area (Å²) in [6, 6.07) is 0. The number of rotatable bonds is 4. The summed E-state index contributed by atoms with van der Waals surface area (Å²) in [5.74, 6) is -0.153. The summed E-state index contributed by atoms with van der Waals surface area (Å²) in [6.07, 6.45) is 6.42. The molecule has 0 saturated carbocycles. The summed E-state index contributed by atoms with van der Waals surface area (Å²) < 4.78 is 5.13. The molecule has 0 rings (SSSR count). The Morgan fingerprint density at radius 2 is 1.92 bits per heavy atom. The summed E-state index contributed by atoms with van der Waals surface area (Å²) in [6.45, 7) is 7.74. The average molecular weight is 184 g/mol. The summed E-state index contributed by atoms with van der Waals surface area (Å²) in [7, 11) is 0. The Kier molecular flexibility index (Phi) is 5.44. The number of hydrogen-bond donors (Lipinski definition) is 0. The number of hydrogen-bond acceptors (Lipinski definition) is 2. The molecule has 0 radical (unpaired) electrons. The highest BCUT2D eigenvalue weighted by atomic mass is 16.6. The van der Waals surface area contributed by atoms with Gasteiger partial charge in [0.15, 0.2) is 0 Å². The fourth-order valence-corrected chi connectivity index (χ4v) is 0.847. The average Bonchev–Trinajstić information content (AvgIpc) is 1.94. The van der Waals surface area contributed by atoms with Crippen LogP contribution in [0.25, 0.3) is 0 Å². The maximum atomic E-state index is 11.1. The zero-order valence-corrected chi connectivity index (χ0v) is 9.09. The van der Waals surface area contributed by atoms with Crippen LogP contribution in [0.2, 0.25) is 0 Å². The molecule has 76 valence electrons. The van der Waals surface area contributed by atoms with Crippen molar-refractivity contribution in [2.24, 2.45) is 0 Å². The second kappa shape index (κ2) is 5.79. The van der Waals surface area contributed by atoms with Gasteiger partial charge in [-0.05, 0) is 27.2 Å². The van der Waals surface area contributed by atoms with Gasteiger partial charge in [-0.25, -0.2) is 0 Å². The molecule has 0 aromatic heterocycles. The molecule has 0 bridgehead atoms. The lowest BCUT2D eigenvalue weighted by Crippen LogP contribution is -2.23. The zero-order chi connectivity index (χ0) is 10.3. The predicted octanol–water partition coefficient (Wildman–Crippen LogP) is 3.07. The molecule has 2 nitrogen and oxygen atoms in total. The molecule has 0 spiro atoms. The first-order chi connectivity index (χ1) is 5.95. The van der Waals surface area contributed by atoms with Gasteiger partial charge in [0.2, 0.25) is 0 Å². The van der Waals surface area contributed by atoms with E-state index >= 15 is 0 Å². The van der Waals surface area contributed by atoms with E-state index in [4.69, 9.17) is 4.74 Å². The van der Waals surface area contributed by atoms with Gasteiger partial charge in [0, 0.05) is 0 Å². The second-order valence-corrected chi connectivity index (χ2v) is 4.05. The number of esters is 1. The Morgan fingerprint density at radius 1 is 1.31 bits per heavy atom. The summed E-state index contributed by atoms with van der Waals surface area (Å²) in [4.78, 5) is 11.1. The van der Waals surface area contributed by atoms with Crippen molar-refractivity contribution in [2.75, 3.05) is 0 Å². The molecule has 0 aromatic carbocycles. The molecule has 0 atom stereocenters. The quantitative estimate of drug-likeness (QED) is 0.496. The van der Waals surface area contributed by atoms with Gasteiger partial charge < -0.3 is 4.74 Å². The molecule has 0 aliphatic carbocycles. The van der Waals surface area contributed by atoms with Gasteiger partial charge in [-0.3, -0.25) is 4.79 Å². The van der Waals surface area contributed by atoms with Crippen LogP contribution in [0.15, 0.2) is 12.2 Å². The molecule has 0 N–H and O–H groups in total. The highest BCUT2D eigenvalue weighted by Gasteiger charge is 2.14. The molecule has 0 aliphatic rings. The van der Waals surface area contributed by atoms with E-state index in [1.807, 2.05) is 32.9 Å². The number of ether oxygens (including phenoxy) is 1. The summed E-state index contributed by atoms with van der Waals surface area (Å²) in [5.41, 5.74) is -0.365. The predicted molar refractivity (Wildman–Crippen MR) is 54.5 cm³/mol. The van der Waals surface area contributed by atoms with Crippen LogP contribution < -0.4 is 0 Å². The fraction of sp³-hybridized carbons (Fsp3) is 0.727. The van der Waals surface area contributed by atoms with Crippen LogP contribution in [0.3, 0.4) is 0 Å². The Hall–Kier alpha value is -0.790. The highest BCUT2D eigenvalue weighted by Crippen LogP contribution is 2.08. The van der Waals surface area contributed by atoms with E-state index in [9.17, 15) is 4.79 Å². The van der Waals surface area contributed by atoms with Crippen LogP contribution in [0.1, 0.15) is 47.0 Å². The van der Waals surface area contributed by atoms with E-state index in [-0.39, 0.29) is 11.6 Å². The SMILES string of the molecule is CCCC=CCC(=O)OC(C)(C)C. The Bertz CT molecular complexity index is 175. The van der Waals surface area contributed by atoms with Gasteiger partial charge in [-0.15, -0.1) is 0 Å². The first-order valence-corrected chi connectivity index (χ1v) is 4.82. The standard InChI is InChI=1S/C11H20O2/c1-5-6-7-8-9-10(12)13-11(2,3)4/h7-8H,5-6,9H2,1-4H3. The number of allylic oxidation sites excluding steroid dienone is 1. The first-order valence-electron chi connectivity index (χ1n) is 4.82. The molecule has 0 aliphatic heterocycles. The number of unbranched alkanes of at least 4 members (excludes halogenated alkanes) is 1. The third-order valence-corrected chi connectivity index (χ3v) is 1.33. The van der Waals surface area contributed by atoms with Gasteiger partial charge in [0.05, 0.1) is 6.42 Å². The van der Waals surface area contributed by atoms with E-state index in [0.29, 0.717) is 6.42 Å². The van der Waals surface area contributed by atoms with Crippen molar-refractivity contribution in [1.29, 1.82) is 0 Å². The maximum Gasteiger partial charge on any atom is 0.310 e. The largest absolute Gasteiger partial charge is 0.460 e. The smallest absolute Gasteiger partial charge is 0.310 e.